The van der Waals surface area contributed by atoms with Crippen LogP contribution in [0.5, 0.6) is 0 Å². The number of nitrogens with zero attached hydrogens (tertiary/aromatic N) is 6. The summed E-state index contributed by atoms with van der Waals surface area (Å²) in [6.07, 6.45) is 3.55. The number of amides is 1. The third-order valence-electron chi connectivity index (χ3n) is 5.31. The lowest BCUT2D eigenvalue weighted by Gasteiger charge is -2.36. The number of benzene rings is 1. The van der Waals surface area contributed by atoms with Crippen LogP contribution in [0, 0.1) is 0 Å². The number of carbonyl (C=O) groups is 1. The molecule has 0 N–H and O–H groups in total. The summed E-state index contributed by atoms with van der Waals surface area (Å²) in [7, 11) is 0. The Morgan fingerprint density at radius 1 is 1.07 bits per heavy atom. The van der Waals surface area contributed by atoms with Crippen molar-refractivity contribution in [2.45, 2.75) is 31.6 Å². The van der Waals surface area contributed by atoms with Gasteiger partial charge in [-0.3, -0.25) is 4.79 Å². The van der Waals surface area contributed by atoms with Crippen molar-refractivity contribution in [2.75, 3.05) is 31.1 Å². The summed E-state index contributed by atoms with van der Waals surface area (Å²) in [5.41, 5.74) is 1.23. The average molecular weight is 382 g/mol. The van der Waals surface area contributed by atoms with Gasteiger partial charge in [-0.2, -0.15) is 9.61 Å². The number of para-hydroxylation sites is 1. The fourth-order valence-electron chi connectivity index (χ4n) is 3.59. The molecule has 1 amide bonds. The molecule has 2 aliphatic rings. The number of hydrogen-bond donors (Lipinski definition) is 0. The quantitative estimate of drug-likeness (QED) is 0.678. The highest BCUT2D eigenvalue weighted by atomic mass is 32.1. The molecule has 2 fully saturated rings. The molecule has 0 radical (unpaired) electrons. The predicted octanol–water partition coefficient (Wildman–Crippen LogP) is 2.34. The molecule has 0 atom stereocenters. The van der Waals surface area contributed by atoms with Crippen LogP contribution in [0.15, 0.2) is 30.3 Å². The second-order valence-electron chi connectivity index (χ2n) is 7.23. The Kier molecular flexibility index (Phi) is 4.27. The molecule has 1 aliphatic carbocycles. The summed E-state index contributed by atoms with van der Waals surface area (Å²) >= 11 is 1.55. The van der Waals surface area contributed by atoms with Gasteiger partial charge < -0.3 is 9.80 Å². The first-order chi connectivity index (χ1) is 13.3. The van der Waals surface area contributed by atoms with E-state index < -0.39 is 0 Å². The van der Waals surface area contributed by atoms with Crippen LogP contribution in [0.1, 0.15) is 36.0 Å². The summed E-state index contributed by atoms with van der Waals surface area (Å²) in [6, 6.07) is 10.4. The maximum absolute atomic E-state index is 12.6. The Balaban J connectivity index is 1.16. The number of aryl methyl sites for hydroxylation is 1. The van der Waals surface area contributed by atoms with Gasteiger partial charge in [-0.05, 0) is 25.0 Å². The van der Waals surface area contributed by atoms with Crippen LogP contribution >= 0.6 is 11.3 Å². The van der Waals surface area contributed by atoms with Crippen LogP contribution in [0.4, 0.5) is 5.69 Å². The number of hydrogen-bond acceptors (Lipinski definition) is 6. The van der Waals surface area contributed by atoms with Gasteiger partial charge in [-0.25, -0.2) is 0 Å². The highest BCUT2D eigenvalue weighted by molar-refractivity contribution is 7.16. The minimum absolute atomic E-state index is 0.219. The topological polar surface area (TPSA) is 66.6 Å². The van der Waals surface area contributed by atoms with Gasteiger partial charge >= 0.3 is 0 Å². The predicted molar refractivity (Wildman–Crippen MR) is 104 cm³/mol. The monoisotopic (exact) mass is 382 g/mol. The van der Waals surface area contributed by atoms with E-state index in [4.69, 9.17) is 0 Å². The summed E-state index contributed by atoms with van der Waals surface area (Å²) < 4.78 is 1.88. The smallest absolute Gasteiger partial charge is 0.234 e. The zero-order valence-corrected chi connectivity index (χ0v) is 15.9. The van der Waals surface area contributed by atoms with Gasteiger partial charge in [0.1, 0.15) is 5.01 Å². The van der Waals surface area contributed by atoms with Crippen LogP contribution in [0.2, 0.25) is 0 Å². The molecule has 1 aromatic carbocycles. The Morgan fingerprint density at radius 3 is 2.59 bits per heavy atom. The Labute approximate surface area is 161 Å². The SMILES string of the molecule is O=C(CCc1nn2c(C3CC3)nnc2s1)N1CCN(c2ccccc2)CC1. The molecule has 140 valence electrons. The molecular weight excluding hydrogens is 360 g/mol. The van der Waals surface area contributed by atoms with Gasteiger partial charge in [0.15, 0.2) is 5.82 Å². The van der Waals surface area contributed by atoms with Crippen molar-refractivity contribution < 1.29 is 4.79 Å². The molecule has 8 heteroatoms. The fraction of sp³-hybridized carbons (Fsp3) is 0.474. The van der Waals surface area contributed by atoms with Crippen LogP contribution in [-0.2, 0) is 11.2 Å². The second kappa shape index (κ2) is 6.92. The summed E-state index contributed by atoms with van der Waals surface area (Å²) in [5.74, 6) is 1.73. The number of aromatic nitrogens is 4. The number of rotatable bonds is 5. The van der Waals surface area contributed by atoms with E-state index in [1.54, 1.807) is 11.3 Å². The van der Waals surface area contributed by atoms with Crippen molar-refractivity contribution >= 4 is 27.9 Å². The van der Waals surface area contributed by atoms with E-state index in [1.165, 1.54) is 18.5 Å². The number of carbonyl (C=O) groups excluding carboxylic acids is 1. The molecule has 2 aromatic heterocycles. The zero-order chi connectivity index (χ0) is 18.2. The molecule has 0 bridgehead atoms. The van der Waals surface area contributed by atoms with Gasteiger partial charge in [0.25, 0.3) is 0 Å². The lowest BCUT2D eigenvalue weighted by molar-refractivity contribution is -0.131. The summed E-state index contributed by atoms with van der Waals surface area (Å²) in [5, 5.41) is 14.1. The molecule has 3 heterocycles. The van der Waals surface area contributed by atoms with Crippen molar-refractivity contribution in [3.05, 3.63) is 41.2 Å². The summed E-state index contributed by atoms with van der Waals surface area (Å²) in [6.45, 7) is 3.34. The normalized spacial score (nSPS) is 17.6. The number of anilines is 1. The lowest BCUT2D eigenvalue weighted by Crippen LogP contribution is -2.48. The third-order valence-corrected chi connectivity index (χ3v) is 6.26. The summed E-state index contributed by atoms with van der Waals surface area (Å²) in [4.78, 5) is 17.8. The maximum atomic E-state index is 12.6. The first-order valence-electron chi connectivity index (χ1n) is 9.57. The standard InChI is InChI=1S/C19H22N6OS/c26-17(24-12-10-23(11-13-24)15-4-2-1-3-5-15)9-8-16-22-25-18(14-6-7-14)20-21-19(25)27-16/h1-5,14H,6-13H2. The van der Waals surface area contributed by atoms with Crippen molar-refractivity contribution in [1.82, 2.24) is 24.7 Å². The molecule has 1 saturated carbocycles. The van der Waals surface area contributed by atoms with E-state index in [9.17, 15) is 4.79 Å². The number of piperazine rings is 1. The fourth-order valence-corrected chi connectivity index (χ4v) is 4.43. The molecule has 5 rings (SSSR count). The molecule has 1 aliphatic heterocycles. The van der Waals surface area contributed by atoms with E-state index in [0.717, 1.165) is 42.0 Å². The first-order valence-corrected chi connectivity index (χ1v) is 10.4. The van der Waals surface area contributed by atoms with E-state index in [-0.39, 0.29) is 5.91 Å². The average Bonchev–Trinajstić information content (AvgIpc) is 3.36. The van der Waals surface area contributed by atoms with Crippen LogP contribution in [-0.4, -0.2) is 56.8 Å². The number of fused-ring (bicyclic) bond motifs is 1. The van der Waals surface area contributed by atoms with Crippen molar-refractivity contribution in [2.24, 2.45) is 0 Å². The van der Waals surface area contributed by atoms with Crippen LogP contribution < -0.4 is 4.90 Å². The molecule has 0 unspecified atom stereocenters. The molecule has 7 nitrogen and oxygen atoms in total. The molecule has 1 saturated heterocycles. The molecular formula is C19H22N6OS. The third kappa shape index (κ3) is 3.41. The van der Waals surface area contributed by atoms with Gasteiger partial charge in [-0.1, -0.05) is 29.5 Å². The van der Waals surface area contributed by atoms with E-state index in [2.05, 4.69) is 44.5 Å². The molecule has 3 aromatic rings. The van der Waals surface area contributed by atoms with E-state index in [1.807, 2.05) is 15.5 Å². The highest BCUT2D eigenvalue weighted by Gasteiger charge is 2.30. The van der Waals surface area contributed by atoms with Gasteiger partial charge in [0.2, 0.25) is 10.9 Å². The highest BCUT2D eigenvalue weighted by Crippen LogP contribution is 2.39. The van der Waals surface area contributed by atoms with Gasteiger partial charge in [0, 0.05) is 50.6 Å². The Hall–Kier alpha value is -2.48. The van der Waals surface area contributed by atoms with E-state index in [0.29, 0.717) is 18.8 Å². The Bertz CT molecular complexity index is 940. The molecule has 0 spiro atoms. The maximum Gasteiger partial charge on any atom is 0.234 e. The lowest BCUT2D eigenvalue weighted by atomic mass is 10.2. The van der Waals surface area contributed by atoms with Gasteiger partial charge in [-0.15, -0.1) is 10.2 Å². The Morgan fingerprint density at radius 2 is 1.85 bits per heavy atom. The zero-order valence-electron chi connectivity index (χ0n) is 15.1. The van der Waals surface area contributed by atoms with Gasteiger partial charge in [0.05, 0.1) is 0 Å². The largest absolute Gasteiger partial charge is 0.368 e. The molecule has 27 heavy (non-hydrogen) atoms. The minimum atomic E-state index is 0.219. The van der Waals surface area contributed by atoms with Crippen LogP contribution in [0.3, 0.4) is 0 Å². The van der Waals surface area contributed by atoms with Crippen molar-refractivity contribution in [3.8, 4) is 0 Å². The van der Waals surface area contributed by atoms with E-state index >= 15 is 0 Å². The first kappa shape index (κ1) is 16.7. The van der Waals surface area contributed by atoms with Crippen molar-refractivity contribution in [3.63, 3.8) is 0 Å². The van der Waals surface area contributed by atoms with Crippen molar-refractivity contribution in [1.29, 1.82) is 0 Å². The minimum Gasteiger partial charge on any atom is -0.368 e. The second-order valence-corrected chi connectivity index (χ2v) is 8.27. The van der Waals surface area contributed by atoms with Crippen LogP contribution in [0.25, 0.3) is 4.96 Å².